The molecule has 0 saturated heterocycles. The van der Waals surface area contributed by atoms with Crippen molar-refractivity contribution in [2.45, 2.75) is 18.0 Å². The molecule has 7 nitrogen and oxygen atoms in total. The summed E-state index contributed by atoms with van der Waals surface area (Å²) in [6.07, 6.45) is -1.95. The van der Waals surface area contributed by atoms with Crippen LogP contribution in [0.5, 0.6) is 0 Å². The van der Waals surface area contributed by atoms with Gasteiger partial charge in [-0.15, -0.1) is 0 Å². The van der Waals surface area contributed by atoms with E-state index in [1.165, 1.54) is 33.7 Å². The number of nitrogens with one attached hydrogen (secondary N) is 2. The van der Waals surface area contributed by atoms with Crippen LogP contribution in [0.25, 0.3) is 6.08 Å². The summed E-state index contributed by atoms with van der Waals surface area (Å²) in [7, 11) is -2.65. The van der Waals surface area contributed by atoms with Gasteiger partial charge in [0.05, 0.1) is 10.6 Å². The van der Waals surface area contributed by atoms with Gasteiger partial charge in [-0.05, 0) is 37.3 Å². The number of alkyl halides is 3. The SMILES string of the molecule is Cc1nn(C)c(Cl)c1/C=C/C(=O)Nc1ccc(S(=O)(=O)NCC(F)(F)F)cc1. The average Bonchev–Trinajstić information content (AvgIpc) is 2.83. The zero-order valence-corrected chi connectivity index (χ0v) is 16.3. The Labute approximate surface area is 164 Å². The van der Waals surface area contributed by atoms with Crippen molar-refractivity contribution in [3.63, 3.8) is 0 Å². The summed E-state index contributed by atoms with van der Waals surface area (Å²) in [5, 5.41) is 6.97. The van der Waals surface area contributed by atoms with Crippen LogP contribution in [-0.4, -0.2) is 36.8 Å². The topological polar surface area (TPSA) is 93.1 Å². The van der Waals surface area contributed by atoms with Gasteiger partial charge in [0.2, 0.25) is 15.9 Å². The van der Waals surface area contributed by atoms with Gasteiger partial charge in [0, 0.05) is 24.4 Å². The number of nitrogens with zero attached hydrogens (tertiary/aromatic N) is 2. The van der Waals surface area contributed by atoms with Crippen LogP contribution in [0, 0.1) is 6.92 Å². The Balaban J connectivity index is 2.04. The quantitative estimate of drug-likeness (QED) is 0.681. The van der Waals surface area contributed by atoms with E-state index in [4.69, 9.17) is 11.6 Å². The summed E-state index contributed by atoms with van der Waals surface area (Å²) >= 11 is 6.06. The van der Waals surface area contributed by atoms with Gasteiger partial charge in [-0.1, -0.05) is 11.6 Å². The first kappa shape index (κ1) is 21.9. The normalized spacial score (nSPS) is 12.5. The van der Waals surface area contributed by atoms with Crippen molar-refractivity contribution >= 4 is 39.3 Å². The van der Waals surface area contributed by atoms with Gasteiger partial charge >= 0.3 is 6.18 Å². The highest BCUT2D eigenvalue weighted by Crippen LogP contribution is 2.20. The molecule has 0 atom stereocenters. The first-order valence-electron chi connectivity index (χ1n) is 7.74. The highest BCUT2D eigenvalue weighted by Gasteiger charge is 2.30. The largest absolute Gasteiger partial charge is 0.402 e. The van der Waals surface area contributed by atoms with Crippen LogP contribution in [0.15, 0.2) is 35.2 Å². The van der Waals surface area contributed by atoms with Gasteiger partial charge < -0.3 is 5.32 Å². The number of sulfonamides is 1. The summed E-state index contributed by atoms with van der Waals surface area (Å²) in [5.74, 6) is -0.509. The van der Waals surface area contributed by atoms with E-state index in [1.807, 2.05) is 0 Å². The van der Waals surface area contributed by atoms with E-state index in [0.29, 0.717) is 16.4 Å². The fraction of sp³-hybridized carbons (Fsp3) is 0.250. The van der Waals surface area contributed by atoms with Gasteiger partial charge in [0.1, 0.15) is 11.7 Å². The molecule has 1 aromatic carbocycles. The van der Waals surface area contributed by atoms with Crippen LogP contribution < -0.4 is 10.0 Å². The zero-order chi connectivity index (χ0) is 21.1. The molecule has 2 N–H and O–H groups in total. The molecule has 2 rings (SSSR count). The van der Waals surface area contributed by atoms with Gasteiger partial charge in [0.25, 0.3) is 0 Å². The minimum Gasteiger partial charge on any atom is -0.323 e. The number of benzene rings is 1. The second-order valence-corrected chi connectivity index (χ2v) is 7.83. The molecule has 1 heterocycles. The Bertz CT molecular complexity index is 999. The number of hydrogen-bond acceptors (Lipinski definition) is 4. The van der Waals surface area contributed by atoms with Crippen LogP contribution in [0.3, 0.4) is 0 Å². The van der Waals surface area contributed by atoms with Gasteiger partial charge in [-0.3, -0.25) is 9.48 Å². The standard InChI is InChI=1S/C16H16ClF3N4O3S/c1-10-13(15(17)24(2)23-10)7-8-14(25)22-11-3-5-12(6-4-11)28(26,27)21-9-16(18,19)20/h3-8,21H,9H2,1-2H3,(H,22,25)/b8-7+. The lowest BCUT2D eigenvalue weighted by molar-refractivity contribution is -0.121. The second kappa shape index (κ2) is 8.33. The second-order valence-electron chi connectivity index (χ2n) is 5.70. The third-order valence-electron chi connectivity index (χ3n) is 3.49. The lowest BCUT2D eigenvalue weighted by Crippen LogP contribution is -2.33. The van der Waals surface area contributed by atoms with Crippen molar-refractivity contribution in [1.29, 1.82) is 0 Å². The molecule has 0 bridgehead atoms. The molecule has 152 valence electrons. The van der Waals surface area contributed by atoms with Gasteiger partial charge in [-0.2, -0.15) is 18.3 Å². The van der Waals surface area contributed by atoms with Crippen molar-refractivity contribution in [2.75, 3.05) is 11.9 Å². The van der Waals surface area contributed by atoms with Crippen LogP contribution in [0.1, 0.15) is 11.3 Å². The molecule has 2 aromatic rings. The smallest absolute Gasteiger partial charge is 0.323 e. The molecule has 12 heteroatoms. The Hall–Kier alpha value is -2.37. The minimum absolute atomic E-state index is 0.262. The van der Waals surface area contributed by atoms with Crippen molar-refractivity contribution in [3.05, 3.63) is 46.8 Å². The summed E-state index contributed by atoms with van der Waals surface area (Å²) in [4.78, 5) is 11.6. The molecule has 0 saturated carbocycles. The molecule has 0 fully saturated rings. The summed E-state index contributed by atoms with van der Waals surface area (Å²) < 4.78 is 63.0. The summed E-state index contributed by atoms with van der Waals surface area (Å²) in [5.41, 5.74) is 1.48. The van der Waals surface area contributed by atoms with E-state index in [-0.39, 0.29) is 10.6 Å². The minimum atomic E-state index is -4.66. The van der Waals surface area contributed by atoms with Crippen LogP contribution in [-0.2, 0) is 21.9 Å². The van der Waals surface area contributed by atoms with Crippen molar-refractivity contribution in [3.8, 4) is 0 Å². The lowest BCUT2D eigenvalue weighted by Gasteiger charge is -2.10. The van der Waals surface area contributed by atoms with Crippen LogP contribution >= 0.6 is 11.6 Å². The molecule has 0 aliphatic rings. The van der Waals surface area contributed by atoms with Crippen molar-refractivity contribution in [1.82, 2.24) is 14.5 Å². The first-order valence-corrected chi connectivity index (χ1v) is 9.60. The fourth-order valence-electron chi connectivity index (χ4n) is 2.16. The number of aryl methyl sites for hydroxylation is 2. The summed E-state index contributed by atoms with van der Waals surface area (Å²) in [6, 6.07) is 4.69. The molecular formula is C16H16ClF3N4O3S. The Morgan fingerprint density at radius 3 is 2.39 bits per heavy atom. The third kappa shape index (κ3) is 5.81. The van der Waals surface area contributed by atoms with E-state index < -0.39 is 28.7 Å². The van der Waals surface area contributed by atoms with E-state index in [9.17, 15) is 26.4 Å². The number of amides is 1. The number of halogens is 4. The highest BCUT2D eigenvalue weighted by atomic mass is 35.5. The lowest BCUT2D eigenvalue weighted by atomic mass is 10.2. The molecular weight excluding hydrogens is 421 g/mol. The van der Waals surface area contributed by atoms with E-state index in [1.54, 1.807) is 14.0 Å². The molecule has 1 amide bonds. The van der Waals surface area contributed by atoms with Crippen molar-refractivity contribution in [2.24, 2.45) is 7.05 Å². The van der Waals surface area contributed by atoms with Crippen LogP contribution in [0.4, 0.5) is 18.9 Å². The molecule has 0 aliphatic heterocycles. The molecule has 0 unspecified atom stereocenters. The monoisotopic (exact) mass is 436 g/mol. The summed E-state index contributed by atoms with van der Waals surface area (Å²) in [6.45, 7) is 0.0599. The molecule has 28 heavy (non-hydrogen) atoms. The number of aromatic nitrogens is 2. The Kier molecular flexibility index (Phi) is 6.52. The maximum absolute atomic E-state index is 12.2. The Morgan fingerprint density at radius 1 is 1.29 bits per heavy atom. The molecule has 0 aliphatic carbocycles. The average molecular weight is 437 g/mol. The van der Waals surface area contributed by atoms with E-state index >= 15 is 0 Å². The first-order chi connectivity index (χ1) is 12.9. The molecule has 0 spiro atoms. The van der Waals surface area contributed by atoms with Gasteiger partial charge in [-0.25, -0.2) is 13.1 Å². The number of carbonyl (C=O) groups is 1. The zero-order valence-electron chi connectivity index (χ0n) is 14.7. The maximum Gasteiger partial charge on any atom is 0.402 e. The van der Waals surface area contributed by atoms with Crippen LogP contribution in [0.2, 0.25) is 5.15 Å². The Morgan fingerprint density at radius 2 is 1.89 bits per heavy atom. The van der Waals surface area contributed by atoms with Crippen molar-refractivity contribution < 1.29 is 26.4 Å². The molecule has 0 radical (unpaired) electrons. The van der Waals surface area contributed by atoms with Gasteiger partial charge in [0.15, 0.2) is 0 Å². The van der Waals surface area contributed by atoms with E-state index in [0.717, 1.165) is 12.1 Å². The fourth-order valence-corrected chi connectivity index (χ4v) is 3.41. The predicted molar refractivity (Wildman–Crippen MR) is 98.3 cm³/mol. The number of anilines is 1. The number of hydrogen-bond donors (Lipinski definition) is 2. The van der Waals surface area contributed by atoms with E-state index in [2.05, 4.69) is 10.4 Å². The molecule has 1 aromatic heterocycles. The maximum atomic E-state index is 12.2. The predicted octanol–water partition coefficient (Wildman–Crippen LogP) is 2.87. The number of carbonyl (C=O) groups excluding carboxylic acids is 1. The third-order valence-corrected chi connectivity index (χ3v) is 5.36. The highest BCUT2D eigenvalue weighted by molar-refractivity contribution is 7.89. The number of rotatable bonds is 6.